The third-order valence-corrected chi connectivity index (χ3v) is 8.98. The highest BCUT2D eigenvalue weighted by Gasteiger charge is 2.50. The average Bonchev–Trinajstić information content (AvgIpc) is 2.91. The van der Waals surface area contributed by atoms with E-state index in [9.17, 15) is 21.6 Å². The molecule has 1 fully saturated rings. The van der Waals surface area contributed by atoms with Gasteiger partial charge in [-0.3, -0.25) is 0 Å². The Morgan fingerprint density at radius 3 is 1.95 bits per heavy atom. The van der Waals surface area contributed by atoms with Gasteiger partial charge in [-0.2, -0.15) is 27.7 Å². The largest absolute Gasteiger partial charge is 0.511 e. The van der Waals surface area contributed by atoms with E-state index in [1.807, 2.05) is 66.7 Å². The summed E-state index contributed by atoms with van der Waals surface area (Å²) in [7, 11) is -5.34. The second-order valence-corrected chi connectivity index (χ2v) is 12.1. The van der Waals surface area contributed by atoms with Crippen LogP contribution in [0.15, 0.2) is 72.9 Å². The summed E-state index contributed by atoms with van der Waals surface area (Å²) in [4.78, 5) is 0. The van der Waals surface area contributed by atoms with Crippen molar-refractivity contribution < 1.29 is 21.6 Å². The summed E-state index contributed by atoms with van der Waals surface area (Å²) in [6, 6.07) is 20.9. The minimum absolute atomic E-state index is 0.138. The zero-order chi connectivity index (χ0) is 27.8. The van der Waals surface area contributed by atoms with Crippen LogP contribution in [0.25, 0.3) is 10.9 Å². The first kappa shape index (κ1) is 27.6. The number of nitrogens with zero attached hydrogens (tertiary/aromatic N) is 3. The van der Waals surface area contributed by atoms with Crippen molar-refractivity contribution in [3.63, 3.8) is 0 Å². The van der Waals surface area contributed by atoms with E-state index in [-0.39, 0.29) is 37.9 Å². The standard InChI is InChI=1S/C27H23Cl2F3N4O2S/c28-20-6-1-17(2-7-20)26(18-3-8-21(29)9-4-18)19-5-10-24-23(15-19)25(16-33-35-24)34-22-11-13-36(14-12-22)39(37,38)27(30,31)32/h1-10,15-16,22,26H,11-14H2,(H,34,35). The quantitative estimate of drug-likeness (QED) is 0.247. The fourth-order valence-corrected chi connectivity index (χ4v) is 6.10. The predicted octanol–water partition coefficient (Wildman–Crippen LogP) is 6.84. The third kappa shape index (κ3) is 5.84. The van der Waals surface area contributed by atoms with Gasteiger partial charge in [-0.05, 0) is 65.9 Å². The van der Waals surface area contributed by atoms with Gasteiger partial charge in [-0.25, -0.2) is 8.42 Å². The predicted molar refractivity (Wildman–Crippen MR) is 147 cm³/mol. The second-order valence-electron chi connectivity index (χ2n) is 9.34. The van der Waals surface area contributed by atoms with Gasteiger partial charge in [0.1, 0.15) is 0 Å². The number of halogens is 5. The van der Waals surface area contributed by atoms with E-state index in [4.69, 9.17) is 23.2 Å². The highest BCUT2D eigenvalue weighted by atomic mass is 35.5. The van der Waals surface area contributed by atoms with Crippen molar-refractivity contribution in [3.05, 3.63) is 99.7 Å². The van der Waals surface area contributed by atoms with Crippen LogP contribution >= 0.6 is 23.2 Å². The molecule has 1 saturated heterocycles. The van der Waals surface area contributed by atoms with E-state index in [1.165, 1.54) is 0 Å². The molecule has 12 heteroatoms. The molecule has 0 saturated carbocycles. The summed E-state index contributed by atoms with van der Waals surface area (Å²) >= 11 is 12.3. The molecule has 6 nitrogen and oxygen atoms in total. The van der Waals surface area contributed by atoms with Crippen molar-refractivity contribution in [3.8, 4) is 0 Å². The number of anilines is 1. The molecule has 3 aromatic carbocycles. The zero-order valence-electron chi connectivity index (χ0n) is 20.4. The van der Waals surface area contributed by atoms with Crippen LogP contribution in [0.4, 0.5) is 18.9 Å². The normalized spacial score (nSPS) is 15.6. The minimum Gasteiger partial charge on any atom is -0.380 e. The van der Waals surface area contributed by atoms with Gasteiger partial charge in [-0.15, -0.1) is 0 Å². The van der Waals surface area contributed by atoms with Crippen LogP contribution in [0.3, 0.4) is 0 Å². The molecule has 0 spiro atoms. The number of piperidine rings is 1. The second kappa shape index (κ2) is 10.9. The Bertz CT molecular complexity index is 1530. The number of alkyl halides is 3. The lowest BCUT2D eigenvalue weighted by molar-refractivity contribution is -0.0494. The van der Waals surface area contributed by atoms with E-state index in [2.05, 4.69) is 15.5 Å². The molecule has 0 bridgehead atoms. The Labute approximate surface area is 233 Å². The van der Waals surface area contributed by atoms with Crippen LogP contribution in [0.2, 0.25) is 10.0 Å². The first-order chi connectivity index (χ1) is 18.5. The maximum atomic E-state index is 13.0. The van der Waals surface area contributed by atoms with Gasteiger partial charge >= 0.3 is 15.5 Å². The van der Waals surface area contributed by atoms with Crippen molar-refractivity contribution in [1.29, 1.82) is 0 Å². The molecule has 2 heterocycles. The number of benzene rings is 3. The Kier molecular flexibility index (Phi) is 7.74. The lowest BCUT2D eigenvalue weighted by Gasteiger charge is -2.32. The van der Waals surface area contributed by atoms with Gasteiger partial charge in [0.2, 0.25) is 0 Å². The molecule has 1 aromatic heterocycles. The van der Waals surface area contributed by atoms with Gasteiger partial charge < -0.3 is 5.32 Å². The van der Waals surface area contributed by atoms with E-state index < -0.39 is 15.5 Å². The van der Waals surface area contributed by atoms with Crippen molar-refractivity contribution in [1.82, 2.24) is 14.5 Å². The van der Waals surface area contributed by atoms with Crippen molar-refractivity contribution in [2.75, 3.05) is 18.4 Å². The molecule has 39 heavy (non-hydrogen) atoms. The Balaban J connectivity index is 1.45. The van der Waals surface area contributed by atoms with Crippen LogP contribution in [-0.2, 0) is 10.0 Å². The number of nitrogens with one attached hydrogen (secondary N) is 1. The van der Waals surface area contributed by atoms with Gasteiger partial charge in [0.15, 0.2) is 0 Å². The zero-order valence-corrected chi connectivity index (χ0v) is 22.7. The highest BCUT2D eigenvalue weighted by Crippen LogP contribution is 2.36. The Hall–Kier alpha value is -2.92. The van der Waals surface area contributed by atoms with Crippen molar-refractivity contribution in [2.45, 2.75) is 30.3 Å². The number of hydrogen-bond donors (Lipinski definition) is 1. The molecule has 0 atom stereocenters. The lowest BCUT2D eigenvalue weighted by atomic mass is 9.84. The van der Waals surface area contributed by atoms with Gasteiger partial charge in [-0.1, -0.05) is 53.5 Å². The first-order valence-electron chi connectivity index (χ1n) is 12.1. The average molecular weight is 595 g/mol. The summed E-state index contributed by atoms with van der Waals surface area (Å²) in [5.41, 5.74) is -0.961. The first-order valence-corrected chi connectivity index (χ1v) is 14.3. The van der Waals surface area contributed by atoms with Crippen molar-refractivity contribution in [2.24, 2.45) is 0 Å². The number of sulfonamides is 1. The maximum absolute atomic E-state index is 13.0. The monoisotopic (exact) mass is 594 g/mol. The van der Waals surface area contributed by atoms with E-state index in [1.54, 1.807) is 6.20 Å². The molecule has 0 aliphatic carbocycles. The summed E-state index contributed by atoms with van der Waals surface area (Å²) < 4.78 is 62.9. The number of aromatic nitrogens is 2. The molecule has 4 aromatic rings. The SMILES string of the molecule is O=S(=O)(N1CCC(Nc2cnnc3ccc(C(c4ccc(Cl)cc4)c4ccc(Cl)cc4)cc23)CC1)C(F)(F)F. The van der Waals surface area contributed by atoms with E-state index in [0.717, 1.165) is 22.1 Å². The van der Waals surface area contributed by atoms with Crippen molar-refractivity contribution >= 4 is 49.8 Å². The van der Waals surface area contributed by atoms with E-state index in [0.29, 0.717) is 25.6 Å². The van der Waals surface area contributed by atoms with Gasteiger partial charge in [0, 0.05) is 40.5 Å². The molecular weight excluding hydrogens is 572 g/mol. The van der Waals surface area contributed by atoms with Gasteiger partial charge in [0.25, 0.3) is 0 Å². The van der Waals surface area contributed by atoms with Gasteiger partial charge in [0.05, 0.1) is 17.4 Å². The van der Waals surface area contributed by atoms with E-state index >= 15 is 0 Å². The summed E-state index contributed by atoms with van der Waals surface area (Å²) in [5.74, 6) is -0.138. The smallest absolute Gasteiger partial charge is 0.380 e. The van der Waals surface area contributed by atoms with Crippen LogP contribution < -0.4 is 5.32 Å². The van der Waals surface area contributed by atoms with Crippen LogP contribution in [-0.4, -0.2) is 47.6 Å². The molecule has 0 unspecified atom stereocenters. The lowest BCUT2D eigenvalue weighted by Crippen LogP contribution is -2.47. The minimum atomic E-state index is -5.34. The van der Waals surface area contributed by atoms with Crippen LogP contribution in [0.5, 0.6) is 0 Å². The number of rotatable bonds is 6. The topological polar surface area (TPSA) is 75.2 Å². The fraction of sp³-hybridized carbons (Fsp3) is 0.259. The molecule has 0 radical (unpaired) electrons. The summed E-state index contributed by atoms with van der Waals surface area (Å²) in [6.07, 6.45) is 2.01. The summed E-state index contributed by atoms with van der Waals surface area (Å²) in [6.45, 7) is -0.452. The van der Waals surface area contributed by atoms with Crippen LogP contribution in [0, 0.1) is 0 Å². The molecule has 1 N–H and O–H groups in total. The third-order valence-electron chi connectivity index (χ3n) is 6.85. The molecule has 1 aliphatic heterocycles. The Morgan fingerprint density at radius 2 is 1.41 bits per heavy atom. The highest BCUT2D eigenvalue weighted by molar-refractivity contribution is 7.90. The molecule has 1 aliphatic rings. The Morgan fingerprint density at radius 1 is 0.872 bits per heavy atom. The van der Waals surface area contributed by atoms with Crippen LogP contribution in [0.1, 0.15) is 35.4 Å². The molecular formula is C27H23Cl2F3N4O2S. The number of fused-ring (bicyclic) bond motifs is 1. The molecule has 5 rings (SSSR count). The fourth-order valence-electron chi connectivity index (χ4n) is 4.86. The molecule has 204 valence electrons. The molecule has 0 amide bonds. The number of hydrogen-bond acceptors (Lipinski definition) is 5. The maximum Gasteiger partial charge on any atom is 0.511 e. The summed E-state index contributed by atoms with van der Waals surface area (Å²) in [5, 5.41) is 13.7.